The third kappa shape index (κ3) is 2.90. The molecule has 0 saturated heterocycles. The van der Waals surface area contributed by atoms with Crippen molar-refractivity contribution in [3.05, 3.63) is 29.7 Å². The molecule has 0 saturated carbocycles. The van der Waals surface area contributed by atoms with Crippen molar-refractivity contribution in [1.29, 1.82) is 0 Å². The van der Waals surface area contributed by atoms with Gasteiger partial charge < -0.3 is 9.25 Å². The van der Waals surface area contributed by atoms with Crippen molar-refractivity contribution >= 4 is 6.08 Å². The van der Waals surface area contributed by atoms with Crippen LogP contribution in [0.15, 0.2) is 28.4 Å². The van der Waals surface area contributed by atoms with Crippen LogP contribution in [0.25, 0.3) is 6.08 Å². The lowest BCUT2D eigenvalue weighted by Crippen LogP contribution is -2.00. The predicted octanol–water partition coefficient (Wildman–Crippen LogP) is 1.96. The minimum atomic E-state index is 0.545. The second-order valence-electron chi connectivity index (χ2n) is 2.63. The first kappa shape index (κ1) is 9.03. The van der Waals surface area contributed by atoms with Crippen LogP contribution in [0, 0.1) is 0 Å². The molecular formula is C9H13NO2. The Hall–Kier alpha value is -1.06. The molecule has 0 aromatic carbocycles. The normalized spacial score (nSPS) is 12.0. The molecular weight excluding hydrogens is 154 g/mol. The van der Waals surface area contributed by atoms with E-state index in [9.17, 15) is 0 Å². The van der Waals surface area contributed by atoms with Crippen LogP contribution in [0.4, 0.5) is 0 Å². The second kappa shape index (κ2) is 4.74. The monoisotopic (exact) mass is 167 g/mol. The summed E-state index contributed by atoms with van der Waals surface area (Å²) in [5, 5.41) is 0. The van der Waals surface area contributed by atoms with Crippen LogP contribution >= 0.6 is 0 Å². The summed E-state index contributed by atoms with van der Waals surface area (Å²) in [4.78, 5) is 4.46. The lowest BCUT2D eigenvalue weighted by molar-refractivity contribution is 0.141. The highest BCUT2D eigenvalue weighted by atomic mass is 16.6. The van der Waals surface area contributed by atoms with E-state index in [2.05, 4.69) is 4.84 Å². The largest absolute Gasteiger partial charge is 0.465 e. The van der Waals surface area contributed by atoms with Crippen molar-refractivity contribution in [2.75, 3.05) is 6.61 Å². The summed E-state index contributed by atoms with van der Waals surface area (Å²) in [6, 6.07) is 3.77. The third-order valence-corrected chi connectivity index (χ3v) is 1.55. The maximum Gasteiger partial charge on any atom is 0.126 e. The van der Waals surface area contributed by atoms with Gasteiger partial charge in [0.25, 0.3) is 0 Å². The summed E-state index contributed by atoms with van der Waals surface area (Å²) in [7, 11) is 0. The molecule has 3 nitrogen and oxygen atoms in total. The molecule has 2 N–H and O–H groups in total. The zero-order valence-electron chi connectivity index (χ0n) is 7.12. The molecule has 12 heavy (non-hydrogen) atoms. The van der Waals surface area contributed by atoms with Gasteiger partial charge in [-0.05, 0) is 31.6 Å². The number of hydrogen-bond acceptors (Lipinski definition) is 3. The van der Waals surface area contributed by atoms with Crippen LogP contribution < -0.4 is 5.90 Å². The summed E-state index contributed by atoms with van der Waals surface area (Å²) in [5.41, 5.74) is 1.19. The topological polar surface area (TPSA) is 48.4 Å². The number of hydrogen-bond donors (Lipinski definition) is 1. The number of rotatable bonds is 4. The van der Waals surface area contributed by atoms with Crippen LogP contribution in [0.2, 0.25) is 0 Å². The van der Waals surface area contributed by atoms with Gasteiger partial charge in [0, 0.05) is 0 Å². The molecule has 0 aliphatic heterocycles. The molecule has 0 spiro atoms. The Labute approximate surface area is 71.8 Å². The van der Waals surface area contributed by atoms with Crippen molar-refractivity contribution < 1.29 is 9.25 Å². The van der Waals surface area contributed by atoms with Crippen molar-refractivity contribution in [3.63, 3.8) is 0 Å². The summed E-state index contributed by atoms with van der Waals surface area (Å²) in [5.74, 6) is 5.76. The van der Waals surface area contributed by atoms with E-state index in [4.69, 9.17) is 10.3 Å². The van der Waals surface area contributed by atoms with Gasteiger partial charge in [0.05, 0.1) is 12.9 Å². The lowest BCUT2D eigenvalue weighted by atomic mass is 10.2. The van der Waals surface area contributed by atoms with Gasteiger partial charge in [0.1, 0.15) is 5.76 Å². The molecule has 1 rings (SSSR count). The molecule has 0 radical (unpaired) electrons. The summed E-state index contributed by atoms with van der Waals surface area (Å²) in [6.07, 6.45) is 4.45. The maximum absolute atomic E-state index is 5.14. The Morgan fingerprint density at radius 3 is 3.17 bits per heavy atom. The van der Waals surface area contributed by atoms with E-state index in [1.165, 1.54) is 5.57 Å². The zero-order valence-corrected chi connectivity index (χ0v) is 7.12. The number of furan rings is 1. The Morgan fingerprint density at radius 1 is 1.75 bits per heavy atom. The van der Waals surface area contributed by atoms with Crippen LogP contribution in [0.1, 0.15) is 19.1 Å². The van der Waals surface area contributed by atoms with Gasteiger partial charge >= 0.3 is 0 Å². The van der Waals surface area contributed by atoms with E-state index < -0.39 is 0 Å². The highest BCUT2D eigenvalue weighted by Gasteiger charge is 1.92. The SMILES string of the molecule is C/C(=C\c1ccco1)CCON. The lowest BCUT2D eigenvalue weighted by Gasteiger charge is -1.97. The van der Waals surface area contributed by atoms with Crippen LogP contribution in [0.3, 0.4) is 0 Å². The van der Waals surface area contributed by atoms with E-state index in [0.717, 1.165) is 12.2 Å². The smallest absolute Gasteiger partial charge is 0.126 e. The van der Waals surface area contributed by atoms with E-state index in [0.29, 0.717) is 6.61 Å². The van der Waals surface area contributed by atoms with Crippen molar-refractivity contribution in [2.45, 2.75) is 13.3 Å². The minimum absolute atomic E-state index is 0.545. The summed E-state index contributed by atoms with van der Waals surface area (Å²) < 4.78 is 5.14. The Kier molecular flexibility index (Phi) is 3.57. The molecule has 0 bridgehead atoms. The molecule has 0 amide bonds. The van der Waals surface area contributed by atoms with E-state index in [-0.39, 0.29) is 0 Å². The zero-order chi connectivity index (χ0) is 8.81. The van der Waals surface area contributed by atoms with E-state index >= 15 is 0 Å². The quantitative estimate of drug-likeness (QED) is 0.697. The standard InChI is InChI=1S/C9H13NO2/c1-8(4-6-12-10)7-9-3-2-5-11-9/h2-3,5,7H,4,6,10H2,1H3/b8-7+. The van der Waals surface area contributed by atoms with Crippen LogP contribution in [0.5, 0.6) is 0 Å². The third-order valence-electron chi connectivity index (χ3n) is 1.55. The molecule has 66 valence electrons. The second-order valence-corrected chi connectivity index (χ2v) is 2.63. The number of nitrogens with two attached hydrogens (primary N) is 1. The van der Waals surface area contributed by atoms with Gasteiger partial charge in [-0.2, -0.15) is 0 Å². The predicted molar refractivity (Wildman–Crippen MR) is 47.1 cm³/mol. The van der Waals surface area contributed by atoms with Gasteiger partial charge in [-0.25, -0.2) is 5.90 Å². The van der Waals surface area contributed by atoms with Crippen molar-refractivity contribution in [3.8, 4) is 0 Å². The van der Waals surface area contributed by atoms with Gasteiger partial charge in [0.2, 0.25) is 0 Å². The fourth-order valence-electron chi connectivity index (χ4n) is 0.908. The van der Waals surface area contributed by atoms with E-state index in [1.54, 1.807) is 6.26 Å². The Balaban J connectivity index is 2.46. The first-order valence-electron chi connectivity index (χ1n) is 3.85. The molecule has 1 aromatic rings. The first-order valence-corrected chi connectivity index (χ1v) is 3.85. The molecule has 0 aliphatic rings. The highest BCUT2D eigenvalue weighted by molar-refractivity contribution is 5.46. The molecule has 0 atom stereocenters. The summed E-state index contributed by atoms with van der Waals surface area (Å²) in [6.45, 7) is 2.56. The molecule has 1 heterocycles. The van der Waals surface area contributed by atoms with Crippen molar-refractivity contribution in [1.82, 2.24) is 0 Å². The fourth-order valence-corrected chi connectivity index (χ4v) is 0.908. The van der Waals surface area contributed by atoms with E-state index in [1.807, 2.05) is 25.1 Å². The fraction of sp³-hybridized carbons (Fsp3) is 0.333. The first-order chi connectivity index (χ1) is 5.83. The Morgan fingerprint density at radius 2 is 2.58 bits per heavy atom. The minimum Gasteiger partial charge on any atom is -0.465 e. The van der Waals surface area contributed by atoms with Crippen LogP contribution in [-0.2, 0) is 4.84 Å². The van der Waals surface area contributed by atoms with Gasteiger partial charge in [-0.1, -0.05) is 5.57 Å². The Bertz CT molecular complexity index is 239. The molecule has 1 aromatic heterocycles. The molecule has 0 aliphatic carbocycles. The van der Waals surface area contributed by atoms with Gasteiger partial charge in [-0.15, -0.1) is 0 Å². The summed E-state index contributed by atoms with van der Waals surface area (Å²) >= 11 is 0. The average molecular weight is 167 g/mol. The van der Waals surface area contributed by atoms with Crippen LogP contribution in [-0.4, -0.2) is 6.61 Å². The maximum atomic E-state index is 5.14. The average Bonchev–Trinajstić information content (AvgIpc) is 2.53. The molecule has 0 unspecified atom stereocenters. The molecule has 3 heteroatoms. The van der Waals surface area contributed by atoms with Gasteiger partial charge in [0.15, 0.2) is 0 Å². The molecule has 0 fully saturated rings. The highest BCUT2D eigenvalue weighted by Crippen LogP contribution is 2.09. The van der Waals surface area contributed by atoms with Crippen molar-refractivity contribution in [2.24, 2.45) is 5.90 Å². The van der Waals surface area contributed by atoms with Gasteiger partial charge in [-0.3, -0.25) is 0 Å².